The zero-order valence-corrected chi connectivity index (χ0v) is 20.1. The molecule has 3 aromatic rings. The average Bonchev–Trinajstić information content (AvgIpc) is 3.34. The predicted octanol–water partition coefficient (Wildman–Crippen LogP) is 6.29. The van der Waals surface area contributed by atoms with E-state index in [0.717, 1.165) is 30.5 Å². The Balaban J connectivity index is 1.59. The van der Waals surface area contributed by atoms with Gasteiger partial charge in [-0.25, -0.2) is 14.5 Å². The van der Waals surface area contributed by atoms with Crippen molar-refractivity contribution < 1.29 is 40.6 Å². The molecule has 1 aromatic heterocycles. The molecule has 206 valence electrons. The van der Waals surface area contributed by atoms with Crippen LogP contribution in [0.1, 0.15) is 6.92 Å². The van der Waals surface area contributed by atoms with Crippen LogP contribution < -0.4 is 15.8 Å². The smallest absolute Gasteiger partial charge is 0.441 e. The molecule has 0 bridgehead atoms. The van der Waals surface area contributed by atoms with Gasteiger partial charge in [0.25, 0.3) is 0 Å². The highest BCUT2D eigenvalue weighted by molar-refractivity contribution is 5.85. The maximum atomic E-state index is 12.6. The lowest BCUT2D eigenvalue weighted by molar-refractivity contribution is -0.274. The Morgan fingerprint density at radius 2 is 1.69 bits per heavy atom. The summed E-state index contributed by atoms with van der Waals surface area (Å²) < 4.78 is 85.1. The molecular weight excluding hydrogens is 532 g/mol. The van der Waals surface area contributed by atoms with E-state index in [1.807, 2.05) is 0 Å². The zero-order chi connectivity index (χ0) is 28.8. The largest absolute Gasteiger partial charge is 0.573 e. The fourth-order valence-electron chi connectivity index (χ4n) is 3.02. The summed E-state index contributed by atoms with van der Waals surface area (Å²) in [5.74, 6) is -0.0694. The van der Waals surface area contributed by atoms with E-state index in [1.54, 1.807) is 12.1 Å². The summed E-state index contributed by atoms with van der Waals surface area (Å²) in [5.41, 5.74) is 5.83. The molecule has 0 aliphatic rings. The van der Waals surface area contributed by atoms with Crippen LogP contribution in [0.2, 0.25) is 0 Å². The normalized spacial score (nSPS) is 13.3. The summed E-state index contributed by atoms with van der Waals surface area (Å²) in [7, 11) is 0. The number of ether oxygens (including phenoxy) is 2. The second-order valence-electron chi connectivity index (χ2n) is 7.83. The van der Waals surface area contributed by atoms with Crippen LogP contribution in [0.5, 0.6) is 5.75 Å². The van der Waals surface area contributed by atoms with Gasteiger partial charge >= 0.3 is 18.6 Å². The maximum absolute atomic E-state index is 12.6. The van der Waals surface area contributed by atoms with Crippen molar-refractivity contribution in [3.05, 3.63) is 90.9 Å². The second-order valence-corrected chi connectivity index (χ2v) is 7.83. The van der Waals surface area contributed by atoms with E-state index in [0.29, 0.717) is 22.8 Å². The first-order valence-corrected chi connectivity index (χ1v) is 11.0. The number of nitrogens with one attached hydrogen (secondary N) is 1. The Labute approximate surface area is 218 Å². The van der Waals surface area contributed by atoms with Gasteiger partial charge in [0.1, 0.15) is 18.2 Å². The van der Waals surface area contributed by atoms with E-state index in [-0.39, 0.29) is 11.3 Å². The fourth-order valence-corrected chi connectivity index (χ4v) is 3.02. The van der Waals surface area contributed by atoms with E-state index in [4.69, 9.17) is 10.5 Å². The molecule has 8 nitrogen and oxygen atoms in total. The first kappa shape index (κ1) is 28.8. The van der Waals surface area contributed by atoms with E-state index >= 15 is 0 Å². The van der Waals surface area contributed by atoms with Crippen LogP contribution in [-0.2, 0) is 4.74 Å². The number of nitrogens with zero attached hydrogens (tertiary/aromatic N) is 3. The molecule has 0 fully saturated rings. The summed E-state index contributed by atoms with van der Waals surface area (Å²) >= 11 is 0. The van der Waals surface area contributed by atoms with Crippen molar-refractivity contribution in [2.75, 3.05) is 5.32 Å². The molecule has 1 atom stereocenters. The van der Waals surface area contributed by atoms with Gasteiger partial charge in [-0.05, 0) is 55.5 Å². The minimum Gasteiger partial charge on any atom is -0.441 e. The number of halogens is 6. The van der Waals surface area contributed by atoms with Gasteiger partial charge in [0.15, 0.2) is 5.82 Å². The number of aromatic nitrogens is 3. The SMILES string of the molecule is C=C(/C=C\C(=C/N)C(C)OC(=O)Nc1ccc(-c2ncn(-c3ccc(OC(F)(F)F)cc3)n2)cc1)C(F)(F)F. The Kier molecular flexibility index (Phi) is 8.68. The number of hydrogen-bond acceptors (Lipinski definition) is 6. The number of nitrogens with two attached hydrogens (primary N) is 1. The van der Waals surface area contributed by atoms with Crippen molar-refractivity contribution in [3.8, 4) is 22.8 Å². The highest BCUT2D eigenvalue weighted by Gasteiger charge is 2.31. The van der Waals surface area contributed by atoms with Gasteiger partial charge in [-0.3, -0.25) is 5.32 Å². The van der Waals surface area contributed by atoms with Crippen LogP contribution in [0.4, 0.5) is 36.8 Å². The zero-order valence-electron chi connectivity index (χ0n) is 20.1. The van der Waals surface area contributed by atoms with E-state index in [2.05, 4.69) is 26.7 Å². The highest BCUT2D eigenvalue weighted by atomic mass is 19.4. The number of carbonyl (C=O) groups is 1. The Bertz CT molecular complexity index is 1360. The molecule has 0 spiro atoms. The molecule has 0 saturated heterocycles. The number of anilines is 1. The average molecular weight is 553 g/mol. The van der Waals surface area contributed by atoms with Gasteiger partial charge in [0.05, 0.1) is 5.69 Å². The third-order valence-electron chi connectivity index (χ3n) is 5.00. The van der Waals surface area contributed by atoms with Crippen molar-refractivity contribution in [2.45, 2.75) is 25.6 Å². The summed E-state index contributed by atoms with van der Waals surface area (Å²) in [4.78, 5) is 16.4. The third-order valence-corrected chi connectivity index (χ3v) is 5.00. The van der Waals surface area contributed by atoms with Crippen molar-refractivity contribution in [3.63, 3.8) is 0 Å². The minimum absolute atomic E-state index is 0.120. The summed E-state index contributed by atoms with van der Waals surface area (Å²) in [6.45, 7) is 4.35. The first-order valence-electron chi connectivity index (χ1n) is 11.0. The molecule has 1 heterocycles. The quantitative estimate of drug-likeness (QED) is 0.251. The number of carbonyl (C=O) groups excluding carboxylic acids is 1. The van der Waals surface area contributed by atoms with Crippen molar-refractivity contribution >= 4 is 11.8 Å². The standard InChI is InChI=1S/C25H21F6N5O3/c1-15(24(26,27)28)3-4-18(13-32)16(2)38-23(37)34-19-7-5-17(6-8-19)22-33-14-36(35-22)20-9-11-21(12-10-20)39-25(29,30)31/h3-14,16H,1,32H2,2H3,(H,34,37)/b4-3-,18-13+. The molecule has 0 aliphatic heterocycles. The molecule has 1 unspecified atom stereocenters. The van der Waals surface area contributed by atoms with Crippen LogP contribution in [0, 0.1) is 0 Å². The van der Waals surface area contributed by atoms with Gasteiger partial charge in [0.2, 0.25) is 0 Å². The van der Waals surface area contributed by atoms with Gasteiger partial charge in [-0.2, -0.15) is 13.2 Å². The van der Waals surface area contributed by atoms with E-state index < -0.39 is 30.3 Å². The number of benzene rings is 2. The molecule has 3 N–H and O–H groups in total. The Morgan fingerprint density at radius 1 is 1.05 bits per heavy atom. The highest BCUT2D eigenvalue weighted by Crippen LogP contribution is 2.26. The van der Waals surface area contributed by atoms with Gasteiger partial charge in [-0.15, -0.1) is 18.3 Å². The monoisotopic (exact) mass is 553 g/mol. The number of amides is 1. The minimum atomic E-state index is -4.80. The molecule has 0 aliphatic carbocycles. The second kappa shape index (κ2) is 11.8. The first-order chi connectivity index (χ1) is 18.2. The molecular formula is C25H21F6N5O3. The molecule has 0 saturated carbocycles. The van der Waals surface area contributed by atoms with Gasteiger partial charge in [0, 0.05) is 28.6 Å². The van der Waals surface area contributed by atoms with E-state index in [9.17, 15) is 31.1 Å². The van der Waals surface area contributed by atoms with Crippen LogP contribution in [-0.4, -0.2) is 39.5 Å². The Morgan fingerprint density at radius 3 is 2.26 bits per heavy atom. The van der Waals surface area contributed by atoms with Gasteiger partial charge < -0.3 is 15.2 Å². The van der Waals surface area contributed by atoms with Crippen LogP contribution in [0.15, 0.2) is 90.9 Å². The summed E-state index contributed by atoms with van der Waals surface area (Å²) in [6.07, 6.45) is -7.06. The van der Waals surface area contributed by atoms with Crippen LogP contribution >= 0.6 is 0 Å². The van der Waals surface area contributed by atoms with Crippen LogP contribution in [0.3, 0.4) is 0 Å². The lowest BCUT2D eigenvalue weighted by Crippen LogP contribution is -2.22. The number of rotatable bonds is 8. The predicted molar refractivity (Wildman–Crippen MR) is 130 cm³/mol. The van der Waals surface area contributed by atoms with Crippen molar-refractivity contribution in [1.29, 1.82) is 0 Å². The lowest BCUT2D eigenvalue weighted by atomic mass is 10.1. The summed E-state index contributed by atoms with van der Waals surface area (Å²) in [6, 6.07) is 11.3. The molecule has 3 rings (SSSR count). The molecule has 1 amide bonds. The number of alkyl halides is 6. The number of hydrogen-bond donors (Lipinski definition) is 2. The van der Waals surface area contributed by atoms with E-state index in [1.165, 1.54) is 42.2 Å². The fraction of sp³-hybridized carbons (Fsp3) is 0.160. The van der Waals surface area contributed by atoms with Gasteiger partial charge in [-0.1, -0.05) is 18.7 Å². The molecule has 2 aromatic carbocycles. The van der Waals surface area contributed by atoms with Crippen molar-refractivity contribution in [2.24, 2.45) is 5.73 Å². The molecule has 39 heavy (non-hydrogen) atoms. The lowest BCUT2D eigenvalue weighted by Gasteiger charge is -2.15. The molecule has 0 radical (unpaired) electrons. The third kappa shape index (κ3) is 8.38. The van der Waals surface area contributed by atoms with Crippen LogP contribution in [0.25, 0.3) is 17.1 Å². The molecule has 14 heteroatoms. The Hall–Kier alpha value is -4.75. The topological polar surface area (TPSA) is 104 Å². The van der Waals surface area contributed by atoms with Crippen molar-refractivity contribution in [1.82, 2.24) is 14.8 Å². The maximum Gasteiger partial charge on any atom is 0.573 e. The summed E-state index contributed by atoms with van der Waals surface area (Å²) in [5, 5.41) is 6.77. The number of allylic oxidation sites excluding steroid dienone is 2.